The molecule has 0 atom stereocenters. The van der Waals surface area contributed by atoms with Crippen LogP contribution >= 0.6 is 15.9 Å². The molecular weight excluding hydrogens is 480 g/mol. The van der Waals surface area contributed by atoms with Gasteiger partial charge >= 0.3 is 0 Å². The molecule has 33 heavy (non-hydrogen) atoms. The Morgan fingerprint density at radius 3 is 2.45 bits per heavy atom. The average Bonchev–Trinajstić information content (AvgIpc) is 3.10. The number of nitriles is 1. The van der Waals surface area contributed by atoms with Gasteiger partial charge in [-0.15, -0.1) is 0 Å². The first-order chi connectivity index (χ1) is 16.0. The molecule has 1 aliphatic rings. The molecule has 0 aliphatic carbocycles. The van der Waals surface area contributed by atoms with Gasteiger partial charge in [0, 0.05) is 46.0 Å². The number of amides is 1. The number of hydrogen-bond acceptors (Lipinski definition) is 4. The predicted octanol–water partition coefficient (Wildman–Crippen LogP) is 5.24. The van der Waals surface area contributed by atoms with Gasteiger partial charge in [0.15, 0.2) is 0 Å². The van der Waals surface area contributed by atoms with E-state index in [0.29, 0.717) is 5.69 Å². The summed E-state index contributed by atoms with van der Waals surface area (Å²) < 4.78 is 8.43. The van der Waals surface area contributed by atoms with Gasteiger partial charge in [0.1, 0.15) is 11.6 Å². The van der Waals surface area contributed by atoms with Crippen LogP contribution in [0.5, 0.6) is 0 Å². The number of halogens is 1. The van der Waals surface area contributed by atoms with Crippen molar-refractivity contribution >= 4 is 39.3 Å². The molecule has 1 amide bonds. The smallest absolute Gasteiger partial charge is 0.266 e. The minimum atomic E-state index is -0.435. The average molecular weight is 505 g/mol. The highest BCUT2D eigenvalue weighted by molar-refractivity contribution is 9.10. The fourth-order valence-corrected chi connectivity index (χ4v) is 4.43. The van der Waals surface area contributed by atoms with E-state index in [9.17, 15) is 10.1 Å². The zero-order chi connectivity index (χ0) is 23.4. The Bertz CT molecular complexity index is 1230. The Hall–Kier alpha value is -3.34. The van der Waals surface area contributed by atoms with Crippen LogP contribution in [0.15, 0.2) is 64.6 Å². The van der Waals surface area contributed by atoms with Crippen molar-refractivity contribution in [1.29, 1.82) is 5.26 Å². The highest BCUT2D eigenvalue weighted by Crippen LogP contribution is 2.25. The van der Waals surface area contributed by atoms with Crippen molar-refractivity contribution in [3.63, 3.8) is 0 Å². The van der Waals surface area contributed by atoms with Crippen LogP contribution in [0.4, 0.5) is 11.4 Å². The van der Waals surface area contributed by atoms with Crippen LogP contribution in [-0.2, 0) is 9.53 Å². The van der Waals surface area contributed by atoms with E-state index in [1.807, 2.05) is 38.1 Å². The molecule has 0 bridgehead atoms. The number of ether oxygens (including phenoxy) is 1. The van der Waals surface area contributed by atoms with Crippen LogP contribution < -0.4 is 10.2 Å². The minimum Gasteiger partial charge on any atom is -0.378 e. The number of aryl methyl sites for hydroxylation is 1. The van der Waals surface area contributed by atoms with Gasteiger partial charge in [0.2, 0.25) is 0 Å². The first-order valence-electron chi connectivity index (χ1n) is 10.8. The maximum Gasteiger partial charge on any atom is 0.266 e. The number of nitrogens with zero attached hydrogens (tertiary/aromatic N) is 3. The van der Waals surface area contributed by atoms with Crippen molar-refractivity contribution in [2.24, 2.45) is 0 Å². The van der Waals surface area contributed by atoms with Gasteiger partial charge in [-0.05, 0) is 74.0 Å². The Morgan fingerprint density at radius 1 is 1.09 bits per heavy atom. The summed E-state index contributed by atoms with van der Waals surface area (Å²) in [5.41, 5.74) is 5.74. The molecule has 168 valence electrons. The summed E-state index contributed by atoms with van der Waals surface area (Å²) in [6.07, 6.45) is 1.65. The van der Waals surface area contributed by atoms with Gasteiger partial charge in [-0.2, -0.15) is 5.26 Å². The molecule has 0 spiro atoms. The molecule has 0 saturated carbocycles. The van der Waals surface area contributed by atoms with Crippen LogP contribution in [0, 0.1) is 25.2 Å². The van der Waals surface area contributed by atoms with Crippen molar-refractivity contribution in [3.8, 4) is 11.8 Å². The Balaban J connectivity index is 1.58. The lowest BCUT2D eigenvalue weighted by atomic mass is 10.1. The quantitative estimate of drug-likeness (QED) is 0.381. The number of carbonyl (C=O) groups excluding carboxylic acids is 1. The number of benzene rings is 2. The van der Waals surface area contributed by atoms with Crippen LogP contribution in [0.2, 0.25) is 0 Å². The second-order valence-corrected chi connectivity index (χ2v) is 8.83. The van der Waals surface area contributed by atoms with E-state index in [0.717, 1.165) is 53.4 Å². The number of rotatable bonds is 5. The Labute approximate surface area is 202 Å². The second kappa shape index (κ2) is 10.1. The van der Waals surface area contributed by atoms with Crippen LogP contribution in [0.3, 0.4) is 0 Å². The summed E-state index contributed by atoms with van der Waals surface area (Å²) in [5.74, 6) is -0.435. The van der Waals surface area contributed by atoms with Crippen molar-refractivity contribution in [1.82, 2.24) is 4.57 Å². The molecule has 0 radical (unpaired) electrons. The number of anilines is 2. The summed E-state index contributed by atoms with van der Waals surface area (Å²) in [6, 6.07) is 19.8. The van der Waals surface area contributed by atoms with Crippen LogP contribution in [0.1, 0.15) is 17.0 Å². The lowest BCUT2D eigenvalue weighted by Gasteiger charge is -2.29. The first-order valence-corrected chi connectivity index (χ1v) is 11.6. The largest absolute Gasteiger partial charge is 0.378 e. The molecule has 1 N–H and O–H groups in total. The number of nitrogens with one attached hydrogen (secondary N) is 1. The van der Waals surface area contributed by atoms with E-state index in [1.54, 1.807) is 18.2 Å². The first kappa shape index (κ1) is 22.8. The van der Waals surface area contributed by atoms with Gasteiger partial charge in [-0.1, -0.05) is 22.0 Å². The zero-order valence-electron chi connectivity index (χ0n) is 18.6. The Morgan fingerprint density at radius 2 is 1.79 bits per heavy atom. The number of morpholine rings is 1. The van der Waals surface area contributed by atoms with Crippen molar-refractivity contribution in [2.45, 2.75) is 13.8 Å². The summed E-state index contributed by atoms with van der Waals surface area (Å²) in [4.78, 5) is 15.0. The monoisotopic (exact) mass is 504 g/mol. The summed E-state index contributed by atoms with van der Waals surface area (Å²) in [5, 5.41) is 12.4. The molecular formula is C26H25BrN4O2. The highest BCUT2D eigenvalue weighted by Gasteiger charge is 2.15. The molecule has 1 fully saturated rings. The third-order valence-electron chi connectivity index (χ3n) is 5.70. The van der Waals surface area contributed by atoms with E-state index in [-0.39, 0.29) is 5.57 Å². The third-order valence-corrected chi connectivity index (χ3v) is 6.20. The van der Waals surface area contributed by atoms with Gasteiger partial charge in [0.25, 0.3) is 5.91 Å². The summed E-state index contributed by atoms with van der Waals surface area (Å²) in [7, 11) is 0. The second-order valence-electron chi connectivity index (χ2n) is 7.91. The van der Waals surface area contributed by atoms with Crippen molar-refractivity contribution < 1.29 is 9.53 Å². The van der Waals surface area contributed by atoms with Gasteiger partial charge in [-0.25, -0.2) is 0 Å². The molecule has 0 unspecified atom stereocenters. The topological polar surface area (TPSA) is 70.3 Å². The van der Waals surface area contributed by atoms with Crippen molar-refractivity contribution in [3.05, 3.63) is 81.6 Å². The molecule has 1 saturated heterocycles. The van der Waals surface area contributed by atoms with Crippen molar-refractivity contribution in [2.75, 3.05) is 36.5 Å². The molecule has 1 aliphatic heterocycles. The van der Waals surface area contributed by atoms with E-state index in [4.69, 9.17) is 4.74 Å². The zero-order valence-corrected chi connectivity index (χ0v) is 20.2. The lowest BCUT2D eigenvalue weighted by Crippen LogP contribution is -2.36. The molecule has 3 aromatic rings. The van der Waals surface area contributed by atoms with E-state index < -0.39 is 5.91 Å². The van der Waals surface area contributed by atoms with E-state index >= 15 is 0 Å². The SMILES string of the molecule is Cc1cc(/C=C(/C#N)C(=O)Nc2cccc(Br)c2)c(C)n1-c1ccc(N2CCOCC2)cc1. The number of aromatic nitrogens is 1. The molecule has 6 nitrogen and oxygen atoms in total. The lowest BCUT2D eigenvalue weighted by molar-refractivity contribution is -0.112. The summed E-state index contributed by atoms with van der Waals surface area (Å²) >= 11 is 3.39. The minimum absolute atomic E-state index is 0.0536. The third kappa shape index (κ3) is 5.19. The molecule has 1 aromatic heterocycles. The van der Waals surface area contributed by atoms with Gasteiger partial charge in [-0.3, -0.25) is 4.79 Å². The highest BCUT2D eigenvalue weighted by atomic mass is 79.9. The Kier molecular flexibility index (Phi) is 6.97. The standard InChI is InChI=1S/C26H25BrN4O2/c1-18-14-20(15-21(17-28)26(32)29-23-5-3-4-22(27)16-23)19(2)31(18)25-8-6-24(7-9-25)30-10-12-33-13-11-30/h3-9,14-16H,10-13H2,1-2H3,(H,29,32)/b21-15-. The predicted molar refractivity (Wildman–Crippen MR) is 135 cm³/mol. The number of carbonyl (C=O) groups is 1. The molecule has 2 heterocycles. The normalized spacial score (nSPS) is 14.1. The maximum atomic E-state index is 12.7. The molecule has 2 aromatic carbocycles. The van der Waals surface area contributed by atoms with Gasteiger partial charge < -0.3 is 19.5 Å². The van der Waals surface area contributed by atoms with E-state index in [1.165, 1.54) is 5.69 Å². The molecule has 7 heteroatoms. The van der Waals surface area contributed by atoms with Crippen LogP contribution in [-0.4, -0.2) is 36.8 Å². The fraction of sp³-hybridized carbons (Fsp3) is 0.231. The summed E-state index contributed by atoms with van der Waals surface area (Å²) in [6.45, 7) is 7.32. The fourth-order valence-electron chi connectivity index (χ4n) is 4.03. The van der Waals surface area contributed by atoms with Crippen LogP contribution in [0.25, 0.3) is 11.8 Å². The number of hydrogen-bond donors (Lipinski definition) is 1. The molecule has 4 rings (SSSR count). The van der Waals surface area contributed by atoms with Gasteiger partial charge in [0.05, 0.1) is 13.2 Å². The maximum absolute atomic E-state index is 12.7. The van der Waals surface area contributed by atoms with E-state index in [2.05, 4.69) is 55.0 Å².